The summed E-state index contributed by atoms with van der Waals surface area (Å²) < 4.78 is 0. The summed E-state index contributed by atoms with van der Waals surface area (Å²) in [6.45, 7) is 2.89. The molecule has 1 saturated heterocycles. The third-order valence-corrected chi connectivity index (χ3v) is 3.73. The van der Waals surface area contributed by atoms with Crippen LogP contribution in [-0.4, -0.2) is 23.4 Å². The minimum absolute atomic E-state index is 0.102. The van der Waals surface area contributed by atoms with Crippen molar-refractivity contribution in [3.05, 3.63) is 33.3 Å². The summed E-state index contributed by atoms with van der Waals surface area (Å²) in [5, 5.41) is 16.8. The molecule has 2 unspecified atom stereocenters. The zero-order chi connectivity index (χ0) is 14.7. The molecule has 1 aliphatic heterocycles. The third-order valence-electron chi connectivity index (χ3n) is 3.40. The van der Waals surface area contributed by atoms with Gasteiger partial charge in [0, 0.05) is 12.1 Å². The van der Waals surface area contributed by atoms with Crippen LogP contribution in [0.25, 0.3) is 0 Å². The van der Waals surface area contributed by atoms with Crippen molar-refractivity contribution in [3.63, 3.8) is 0 Å². The number of rotatable bonds is 3. The number of nitro benzene ring substituents is 1. The zero-order valence-electron chi connectivity index (χ0n) is 11.1. The molecule has 0 aromatic heterocycles. The molecule has 1 amide bonds. The quantitative estimate of drug-likeness (QED) is 0.663. The van der Waals surface area contributed by atoms with Crippen LogP contribution in [0.2, 0.25) is 5.02 Å². The Hall–Kier alpha value is -1.66. The van der Waals surface area contributed by atoms with Gasteiger partial charge >= 0.3 is 0 Å². The Labute approximate surface area is 121 Å². The first-order valence-corrected chi connectivity index (χ1v) is 6.83. The van der Waals surface area contributed by atoms with E-state index in [1.54, 1.807) is 0 Å². The average Bonchev–Trinajstić information content (AvgIpc) is 2.41. The Balaban J connectivity index is 2.10. The Bertz CT molecular complexity index is 536. The van der Waals surface area contributed by atoms with E-state index in [1.165, 1.54) is 18.2 Å². The molecule has 2 atom stereocenters. The molecule has 6 nitrogen and oxygen atoms in total. The topological polar surface area (TPSA) is 84.3 Å². The van der Waals surface area contributed by atoms with Gasteiger partial charge in [-0.1, -0.05) is 18.5 Å². The number of halogens is 1. The number of carbonyl (C=O) groups excluding carboxylic acids is 1. The van der Waals surface area contributed by atoms with Crippen molar-refractivity contribution in [2.75, 3.05) is 11.9 Å². The highest BCUT2D eigenvalue weighted by atomic mass is 35.5. The summed E-state index contributed by atoms with van der Waals surface area (Å²) in [4.78, 5) is 22.4. The maximum Gasteiger partial charge on any atom is 0.271 e. The van der Waals surface area contributed by atoms with E-state index in [0.29, 0.717) is 5.92 Å². The Morgan fingerprint density at radius 2 is 2.30 bits per heavy atom. The fourth-order valence-corrected chi connectivity index (χ4v) is 2.41. The van der Waals surface area contributed by atoms with Crippen molar-refractivity contribution in [2.45, 2.75) is 25.8 Å². The third kappa shape index (κ3) is 3.46. The predicted octanol–water partition coefficient (Wildman–Crippen LogP) is 2.57. The van der Waals surface area contributed by atoms with Crippen LogP contribution in [0.3, 0.4) is 0 Å². The molecule has 7 heteroatoms. The molecule has 108 valence electrons. The second kappa shape index (κ2) is 6.19. The summed E-state index contributed by atoms with van der Waals surface area (Å²) >= 11 is 5.95. The molecule has 1 aromatic carbocycles. The summed E-state index contributed by atoms with van der Waals surface area (Å²) in [7, 11) is 0. The Morgan fingerprint density at radius 3 is 2.95 bits per heavy atom. The molecular weight excluding hydrogens is 282 g/mol. The van der Waals surface area contributed by atoms with E-state index in [-0.39, 0.29) is 28.3 Å². The first-order valence-electron chi connectivity index (χ1n) is 6.45. The van der Waals surface area contributed by atoms with Crippen LogP contribution < -0.4 is 10.6 Å². The number of carbonyl (C=O) groups is 1. The number of nitrogens with one attached hydrogen (secondary N) is 2. The number of nitrogens with zero attached hydrogens (tertiary/aromatic N) is 1. The zero-order valence-corrected chi connectivity index (χ0v) is 11.8. The molecule has 2 N–H and O–H groups in total. The smallest absolute Gasteiger partial charge is 0.271 e. The van der Waals surface area contributed by atoms with Gasteiger partial charge in [-0.3, -0.25) is 14.9 Å². The highest BCUT2D eigenvalue weighted by molar-refractivity contribution is 6.33. The molecule has 0 saturated carbocycles. The van der Waals surface area contributed by atoms with E-state index in [9.17, 15) is 14.9 Å². The lowest BCUT2D eigenvalue weighted by Gasteiger charge is -2.27. The first-order chi connectivity index (χ1) is 9.47. The lowest BCUT2D eigenvalue weighted by molar-refractivity contribution is -0.384. The molecule has 20 heavy (non-hydrogen) atoms. The number of amides is 1. The van der Waals surface area contributed by atoms with Crippen LogP contribution in [0, 0.1) is 16.0 Å². The van der Waals surface area contributed by atoms with Gasteiger partial charge in [0.1, 0.15) is 0 Å². The standard InChI is InChI=1S/C13H16ClN3O3/c1-8-4-5-15-12(6-8)13(18)16-11-7-9(17(19)20)2-3-10(11)14/h2-3,7-8,12,15H,4-6H2,1H3,(H,16,18). The van der Waals surface area contributed by atoms with Gasteiger partial charge in [-0.15, -0.1) is 0 Å². The number of benzene rings is 1. The largest absolute Gasteiger partial charge is 0.323 e. The Kier molecular flexibility index (Phi) is 4.57. The SMILES string of the molecule is CC1CCNC(C(=O)Nc2cc([N+](=O)[O-])ccc2Cl)C1. The fourth-order valence-electron chi connectivity index (χ4n) is 2.25. The second-order valence-corrected chi connectivity index (χ2v) is 5.45. The van der Waals surface area contributed by atoms with Crippen LogP contribution in [0.5, 0.6) is 0 Å². The van der Waals surface area contributed by atoms with Crippen molar-refractivity contribution >= 4 is 28.9 Å². The molecule has 0 radical (unpaired) electrons. The van der Waals surface area contributed by atoms with Gasteiger partial charge in [0.25, 0.3) is 5.69 Å². The molecule has 2 rings (SSSR count). The minimum atomic E-state index is -0.521. The molecule has 1 fully saturated rings. The number of nitro groups is 1. The molecule has 1 aliphatic rings. The van der Waals surface area contributed by atoms with Crippen molar-refractivity contribution in [1.82, 2.24) is 5.32 Å². The monoisotopic (exact) mass is 297 g/mol. The molecule has 1 heterocycles. The van der Waals surface area contributed by atoms with Crippen LogP contribution in [0.1, 0.15) is 19.8 Å². The molecular formula is C13H16ClN3O3. The molecule has 0 bridgehead atoms. The minimum Gasteiger partial charge on any atom is -0.323 e. The lowest BCUT2D eigenvalue weighted by atomic mass is 9.94. The van der Waals surface area contributed by atoms with Gasteiger partial charge in [-0.25, -0.2) is 0 Å². The van der Waals surface area contributed by atoms with Gasteiger partial charge < -0.3 is 10.6 Å². The van der Waals surface area contributed by atoms with E-state index in [4.69, 9.17) is 11.6 Å². The normalized spacial score (nSPS) is 22.3. The van der Waals surface area contributed by atoms with Crippen molar-refractivity contribution in [3.8, 4) is 0 Å². The lowest BCUT2D eigenvalue weighted by Crippen LogP contribution is -2.45. The summed E-state index contributed by atoms with van der Waals surface area (Å²) in [5.41, 5.74) is 0.167. The predicted molar refractivity (Wildman–Crippen MR) is 76.9 cm³/mol. The average molecular weight is 298 g/mol. The Morgan fingerprint density at radius 1 is 1.55 bits per heavy atom. The number of non-ortho nitro benzene ring substituents is 1. The van der Waals surface area contributed by atoms with Crippen molar-refractivity contribution < 1.29 is 9.72 Å². The maximum absolute atomic E-state index is 12.1. The van der Waals surface area contributed by atoms with Crippen LogP contribution >= 0.6 is 11.6 Å². The second-order valence-electron chi connectivity index (χ2n) is 5.05. The van der Waals surface area contributed by atoms with Gasteiger partial charge in [0.2, 0.25) is 5.91 Å². The highest BCUT2D eigenvalue weighted by Crippen LogP contribution is 2.27. The van der Waals surface area contributed by atoms with Crippen LogP contribution in [0.15, 0.2) is 18.2 Å². The van der Waals surface area contributed by atoms with E-state index in [0.717, 1.165) is 19.4 Å². The maximum atomic E-state index is 12.1. The molecule has 0 aliphatic carbocycles. The van der Waals surface area contributed by atoms with Gasteiger partial charge in [0.15, 0.2) is 0 Å². The highest BCUT2D eigenvalue weighted by Gasteiger charge is 2.25. The fraction of sp³-hybridized carbons (Fsp3) is 0.462. The summed E-state index contributed by atoms with van der Waals surface area (Å²) in [5.74, 6) is 0.270. The van der Waals surface area contributed by atoms with Crippen molar-refractivity contribution in [2.24, 2.45) is 5.92 Å². The van der Waals surface area contributed by atoms with Gasteiger partial charge in [0.05, 0.1) is 21.7 Å². The molecule has 0 spiro atoms. The van der Waals surface area contributed by atoms with Gasteiger partial charge in [-0.2, -0.15) is 0 Å². The number of anilines is 1. The van der Waals surface area contributed by atoms with Crippen LogP contribution in [0.4, 0.5) is 11.4 Å². The van der Waals surface area contributed by atoms with E-state index >= 15 is 0 Å². The van der Waals surface area contributed by atoms with E-state index in [1.807, 2.05) is 0 Å². The molecule has 1 aromatic rings. The van der Waals surface area contributed by atoms with E-state index in [2.05, 4.69) is 17.6 Å². The van der Waals surface area contributed by atoms with Crippen LogP contribution in [-0.2, 0) is 4.79 Å². The summed E-state index contributed by atoms with van der Waals surface area (Å²) in [6.07, 6.45) is 1.79. The number of hydrogen-bond acceptors (Lipinski definition) is 4. The summed E-state index contributed by atoms with van der Waals surface area (Å²) in [6, 6.07) is 3.70. The van der Waals surface area contributed by atoms with E-state index < -0.39 is 4.92 Å². The number of hydrogen-bond donors (Lipinski definition) is 2. The van der Waals surface area contributed by atoms with Gasteiger partial charge in [-0.05, 0) is 31.4 Å². The van der Waals surface area contributed by atoms with Crippen molar-refractivity contribution in [1.29, 1.82) is 0 Å². The first kappa shape index (κ1) is 14.7. The number of piperidine rings is 1.